The number of furan rings is 1. The molecule has 0 bridgehead atoms. The van der Waals surface area contributed by atoms with E-state index in [1.54, 1.807) is 6.07 Å². The summed E-state index contributed by atoms with van der Waals surface area (Å²) in [5.74, 6) is -0.183. The predicted octanol–water partition coefficient (Wildman–Crippen LogP) is 4.88. The Hall–Kier alpha value is -2.41. The topological polar surface area (TPSA) is 56.7 Å². The molecule has 27 heavy (non-hydrogen) atoms. The molecule has 0 aliphatic heterocycles. The lowest BCUT2D eigenvalue weighted by atomic mass is 10.2. The monoisotopic (exact) mass is 400 g/mol. The molecule has 0 fully saturated rings. The molecule has 0 atom stereocenters. The van der Waals surface area contributed by atoms with E-state index in [4.69, 9.17) is 20.8 Å². The summed E-state index contributed by atoms with van der Waals surface area (Å²) < 4.78 is 14.1. The van der Waals surface area contributed by atoms with Gasteiger partial charge in [-0.05, 0) is 37.3 Å². The fraction of sp³-hybridized carbons (Fsp3) is 0.200. The Morgan fingerprint density at radius 3 is 2.93 bits per heavy atom. The minimum atomic E-state index is -0.408. The van der Waals surface area contributed by atoms with Crippen molar-refractivity contribution in [1.29, 1.82) is 0 Å². The van der Waals surface area contributed by atoms with Crippen molar-refractivity contribution < 1.29 is 13.9 Å². The highest BCUT2D eigenvalue weighted by Gasteiger charge is 2.13. The summed E-state index contributed by atoms with van der Waals surface area (Å²) in [7, 11) is 0. The molecule has 0 aliphatic carbocycles. The number of amides is 1. The van der Waals surface area contributed by atoms with Gasteiger partial charge in [-0.1, -0.05) is 41.1 Å². The van der Waals surface area contributed by atoms with E-state index in [0.29, 0.717) is 35.2 Å². The van der Waals surface area contributed by atoms with Crippen LogP contribution in [0.15, 0.2) is 57.9 Å². The molecule has 0 radical (unpaired) electrons. The molecule has 4 aromatic rings. The molecular weight excluding hydrogens is 384 g/mol. The van der Waals surface area contributed by atoms with E-state index in [1.807, 2.05) is 54.0 Å². The third kappa shape index (κ3) is 3.69. The van der Waals surface area contributed by atoms with Crippen LogP contribution in [0, 0.1) is 0 Å². The zero-order valence-electron chi connectivity index (χ0n) is 14.6. The highest BCUT2D eigenvalue weighted by Crippen LogP contribution is 2.23. The molecule has 4 rings (SSSR count). The molecule has 0 saturated carbocycles. The number of aromatic nitrogens is 1. The summed E-state index contributed by atoms with van der Waals surface area (Å²) >= 11 is 7.53. The fourth-order valence-electron chi connectivity index (χ4n) is 2.88. The second-order valence-corrected chi connectivity index (χ2v) is 7.36. The molecular formula is C20H17ClN2O3S. The number of thiazole rings is 1. The number of hydrogen-bond acceptors (Lipinski definition) is 4. The lowest BCUT2D eigenvalue weighted by Gasteiger charge is -2.05. The van der Waals surface area contributed by atoms with E-state index in [1.165, 1.54) is 11.3 Å². The van der Waals surface area contributed by atoms with E-state index in [9.17, 15) is 4.79 Å². The summed E-state index contributed by atoms with van der Waals surface area (Å²) in [6.07, 6.45) is 0. The Kier molecular flexibility index (Phi) is 5.11. The molecule has 0 unspecified atom stereocenters. The number of nitrogens with zero attached hydrogens (tertiary/aromatic N) is 2. The fourth-order valence-corrected chi connectivity index (χ4v) is 4.21. The van der Waals surface area contributed by atoms with Crippen LogP contribution < -0.4 is 4.80 Å². The van der Waals surface area contributed by atoms with E-state index < -0.39 is 5.91 Å². The highest BCUT2D eigenvalue weighted by atomic mass is 35.5. The Morgan fingerprint density at radius 2 is 2.11 bits per heavy atom. The minimum absolute atomic E-state index is 0.225. The SMILES string of the molecule is CCOCCn1c(=NC(=O)c2cc3ccccc3o2)sc2cc(Cl)ccc21. The summed E-state index contributed by atoms with van der Waals surface area (Å²) in [6.45, 7) is 3.73. The van der Waals surface area contributed by atoms with Gasteiger partial charge >= 0.3 is 5.91 Å². The summed E-state index contributed by atoms with van der Waals surface area (Å²) in [5, 5.41) is 1.53. The number of para-hydroxylation sites is 1. The van der Waals surface area contributed by atoms with Gasteiger partial charge in [0.2, 0.25) is 0 Å². The lowest BCUT2D eigenvalue weighted by Crippen LogP contribution is -2.19. The first-order valence-electron chi connectivity index (χ1n) is 8.60. The van der Waals surface area contributed by atoms with Gasteiger partial charge in [-0.3, -0.25) is 4.79 Å². The van der Waals surface area contributed by atoms with Crippen molar-refractivity contribution in [2.45, 2.75) is 13.5 Å². The normalized spacial score (nSPS) is 12.3. The van der Waals surface area contributed by atoms with E-state index in [-0.39, 0.29) is 5.76 Å². The lowest BCUT2D eigenvalue weighted by molar-refractivity contribution is 0.0972. The standard InChI is InChI=1S/C20H17ClN2O3S/c1-2-25-10-9-23-15-8-7-14(21)12-18(15)27-20(23)22-19(24)17-11-13-5-3-4-6-16(13)26-17/h3-8,11-12H,2,9-10H2,1H3. The van der Waals surface area contributed by atoms with Gasteiger partial charge in [-0.15, -0.1) is 0 Å². The van der Waals surface area contributed by atoms with Gasteiger partial charge in [-0.25, -0.2) is 0 Å². The van der Waals surface area contributed by atoms with Crippen LogP contribution >= 0.6 is 22.9 Å². The van der Waals surface area contributed by atoms with Crippen molar-refractivity contribution in [2.24, 2.45) is 4.99 Å². The molecule has 2 heterocycles. The average Bonchev–Trinajstić information content (AvgIpc) is 3.23. The highest BCUT2D eigenvalue weighted by molar-refractivity contribution is 7.16. The smallest absolute Gasteiger partial charge is 0.315 e. The Balaban J connectivity index is 1.78. The van der Waals surface area contributed by atoms with E-state index in [0.717, 1.165) is 15.6 Å². The molecule has 5 nitrogen and oxygen atoms in total. The Morgan fingerprint density at radius 1 is 1.26 bits per heavy atom. The van der Waals surface area contributed by atoms with Crippen LogP contribution in [-0.2, 0) is 11.3 Å². The van der Waals surface area contributed by atoms with Crippen molar-refractivity contribution in [1.82, 2.24) is 4.57 Å². The largest absolute Gasteiger partial charge is 0.451 e. The molecule has 2 aromatic heterocycles. The van der Waals surface area contributed by atoms with Crippen LogP contribution in [0.4, 0.5) is 0 Å². The molecule has 2 aromatic carbocycles. The number of carbonyl (C=O) groups excluding carboxylic acids is 1. The maximum atomic E-state index is 12.7. The van der Waals surface area contributed by atoms with Crippen molar-refractivity contribution in [2.75, 3.05) is 13.2 Å². The van der Waals surface area contributed by atoms with Crippen LogP contribution in [0.25, 0.3) is 21.2 Å². The van der Waals surface area contributed by atoms with Gasteiger partial charge in [0.1, 0.15) is 5.58 Å². The summed E-state index contributed by atoms with van der Waals surface area (Å²) in [4.78, 5) is 17.6. The number of benzene rings is 2. The zero-order chi connectivity index (χ0) is 18.8. The van der Waals surface area contributed by atoms with Crippen molar-refractivity contribution >= 4 is 50.0 Å². The number of halogens is 1. The van der Waals surface area contributed by atoms with Gasteiger partial charge in [0.05, 0.1) is 16.8 Å². The third-order valence-corrected chi connectivity index (χ3v) is 5.42. The molecule has 0 spiro atoms. The molecule has 1 amide bonds. The van der Waals surface area contributed by atoms with E-state index in [2.05, 4.69) is 4.99 Å². The van der Waals surface area contributed by atoms with Gasteiger partial charge < -0.3 is 13.7 Å². The quantitative estimate of drug-likeness (QED) is 0.448. The van der Waals surface area contributed by atoms with Crippen molar-refractivity contribution in [3.05, 3.63) is 64.1 Å². The first-order chi connectivity index (χ1) is 13.2. The Bertz CT molecular complexity index is 1160. The average molecular weight is 401 g/mol. The van der Waals surface area contributed by atoms with Crippen molar-refractivity contribution in [3.8, 4) is 0 Å². The first-order valence-corrected chi connectivity index (χ1v) is 9.79. The number of ether oxygens (including phenoxy) is 1. The molecule has 138 valence electrons. The van der Waals surface area contributed by atoms with Crippen LogP contribution in [0.5, 0.6) is 0 Å². The predicted molar refractivity (Wildman–Crippen MR) is 107 cm³/mol. The zero-order valence-corrected chi connectivity index (χ0v) is 16.2. The number of fused-ring (bicyclic) bond motifs is 2. The first kappa shape index (κ1) is 18.0. The number of rotatable bonds is 5. The van der Waals surface area contributed by atoms with Gasteiger partial charge in [0.15, 0.2) is 10.6 Å². The van der Waals surface area contributed by atoms with Crippen LogP contribution in [0.1, 0.15) is 17.5 Å². The van der Waals surface area contributed by atoms with Crippen molar-refractivity contribution in [3.63, 3.8) is 0 Å². The summed E-state index contributed by atoms with van der Waals surface area (Å²) in [5.41, 5.74) is 1.64. The maximum absolute atomic E-state index is 12.7. The second-order valence-electron chi connectivity index (χ2n) is 5.91. The number of carbonyl (C=O) groups is 1. The second kappa shape index (κ2) is 7.68. The molecule has 0 N–H and O–H groups in total. The molecule has 0 saturated heterocycles. The van der Waals surface area contributed by atoms with Gasteiger partial charge in [0.25, 0.3) is 0 Å². The van der Waals surface area contributed by atoms with E-state index >= 15 is 0 Å². The van der Waals surface area contributed by atoms with Gasteiger partial charge in [0, 0.05) is 23.6 Å². The molecule has 7 heteroatoms. The van der Waals surface area contributed by atoms with Crippen LogP contribution in [0.3, 0.4) is 0 Å². The molecule has 0 aliphatic rings. The Labute approximate surface area is 164 Å². The number of hydrogen-bond donors (Lipinski definition) is 0. The summed E-state index contributed by atoms with van der Waals surface area (Å²) in [6, 6.07) is 14.9. The maximum Gasteiger partial charge on any atom is 0.315 e. The minimum Gasteiger partial charge on any atom is -0.451 e. The van der Waals surface area contributed by atoms with Crippen LogP contribution in [-0.4, -0.2) is 23.7 Å². The van der Waals surface area contributed by atoms with Gasteiger partial charge in [-0.2, -0.15) is 4.99 Å². The third-order valence-electron chi connectivity index (χ3n) is 4.14. The van der Waals surface area contributed by atoms with Crippen LogP contribution in [0.2, 0.25) is 5.02 Å².